The average Bonchev–Trinajstić information content (AvgIpc) is 2.17. The minimum Gasteiger partial charge on any atom is -0.377 e. The number of nitrogens with zero attached hydrogens (tertiary/aromatic N) is 2. The third-order valence-electron chi connectivity index (χ3n) is 2.31. The number of hydrogen-bond acceptors (Lipinski definition) is 4. The van der Waals surface area contributed by atoms with Crippen LogP contribution in [-0.4, -0.2) is 50.3 Å². The third kappa shape index (κ3) is 6.45. The normalized spacial score (nSPS) is 15.3. The molecule has 15 heavy (non-hydrogen) atoms. The van der Waals surface area contributed by atoms with Crippen molar-refractivity contribution in [2.24, 2.45) is 0 Å². The monoisotopic (exact) mass is 213 g/mol. The van der Waals surface area contributed by atoms with Crippen LogP contribution in [0.1, 0.15) is 20.8 Å². The fraction of sp³-hybridized carbons (Fsp3) is 0.909. The van der Waals surface area contributed by atoms with Crippen LogP contribution in [-0.2, 0) is 4.74 Å². The Hall–Kier alpha value is -0.630. The van der Waals surface area contributed by atoms with Gasteiger partial charge in [0.15, 0.2) is 0 Å². The maximum absolute atomic E-state index is 8.98. The quantitative estimate of drug-likeness (QED) is 0.681. The summed E-state index contributed by atoms with van der Waals surface area (Å²) in [6.45, 7) is 8.19. The minimum atomic E-state index is -0.480. The molecule has 0 spiro atoms. The van der Waals surface area contributed by atoms with Gasteiger partial charge in [-0.1, -0.05) is 0 Å². The summed E-state index contributed by atoms with van der Waals surface area (Å²) in [5.41, 5.74) is -0.480. The topological polar surface area (TPSA) is 48.3 Å². The largest absolute Gasteiger partial charge is 0.377 e. The lowest BCUT2D eigenvalue weighted by molar-refractivity contribution is 0.0612. The summed E-state index contributed by atoms with van der Waals surface area (Å²) in [5.74, 6) is 0. The Morgan fingerprint density at radius 1 is 1.53 bits per heavy atom. The first kappa shape index (κ1) is 14.4. The second-order valence-electron chi connectivity index (χ2n) is 4.35. The molecule has 1 atom stereocenters. The van der Waals surface area contributed by atoms with E-state index in [-0.39, 0.29) is 6.10 Å². The lowest BCUT2D eigenvalue weighted by Crippen LogP contribution is -2.48. The second-order valence-corrected chi connectivity index (χ2v) is 4.35. The maximum atomic E-state index is 8.98. The molecule has 0 bridgehead atoms. The standard InChI is InChI=1S/C11H23N3O/c1-10(2)15-7-6-14(5)9-11(3,8-12)13-4/h10,13H,6-7,9H2,1-5H3. The first-order chi connectivity index (χ1) is 6.93. The molecule has 0 rings (SSSR count). The molecular formula is C11H23N3O. The molecule has 0 saturated carbocycles. The number of hydrogen-bond donors (Lipinski definition) is 1. The zero-order valence-electron chi connectivity index (χ0n) is 10.5. The van der Waals surface area contributed by atoms with Gasteiger partial charge < -0.3 is 15.0 Å². The molecule has 4 heteroatoms. The van der Waals surface area contributed by atoms with Crippen molar-refractivity contribution in [2.45, 2.75) is 32.4 Å². The van der Waals surface area contributed by atoms with Gasteiger partial charge in [0, 0.05) is 13.1 Å². The SMILES string of the molecule is CNC(C)(C#N)CN(C)CCOC(C)C. The lowest BCUT2D eigenvalue weighted by Gasteiger charge is -2.27. The van der Waals surface area contributed by atoms with Crippen molar-refractivity contribution < 1.29 is 4.74 Å². The number of nitriles is 1. The van der Waals surface area contributed by atoms with Gasteiger partial charge in [0.2, 0.25) is 0 Å². The summed E-state index contributed by atoms with van der Waals surface area (Å²) < 4.78 is 5.45. The highest BCUT2D eigenvalue weighted by Crippen LogP contribution is 2.03. The molecule has 88 valence electrons. The summed E-state index contributed by atoms with van der Waals surface area (Å²) in [7, 11) is 3.80. The number of rotatable bonds is 7. The number of likely N-dealkylation sites (N-methyl/N-ethyl adjacent to an activating group) is 2. The highest BCUT2D eigenvalue weighted by atomic mass is 16.5. The number of ether oxygens (including phenoxy) is 1. The zero-order valence-corrected chi connectivity index (χ0v) is 10.5. The molecule has 0 aromatic rings. The Morgan fingerprint density at radius 3 is 2.53 bits per heavy atom. The molecule has 0 saturated heterocycles. The van der Waals surface area contributed by atoms with Crippen molar-refractivity contribution in [2.75, 3.05) is 33.8 Å². The fourth-order valence-corrected chi connectivity index (χ4v) is 1.23. The number of nitrogens with one attached hydrogen (secondary N) is 1. The molecular weight excluding hydrogens is 190 g/mol. The minimum absolute atomic E-state index is 0.269. The van der Waals surface area contributed by atoms with E-state index in [9.17, 15) is 0 Å². The summed E-state index contributed by atoms with van der Waals surface area (Å²) >= 11 is 0. The average molecular weight is 213 g/mol. The molecule has 0 heterocycles. The van der Waals surface area contributed by atoms with Gasteiger partial charge in [-0.15, -0.1) is 0 Å². The molecule has 0 radical (unpaired) electrons. The first-order valence-corrected chi connectivity index (χ1v) is 5.34. The van der Waals surface area contributed by atoms with E-state index in [1.807, 2.05) is 34.9 Å². The van der Waals surface area contributed by atoms with Crippen LogP contribution in [0.5, 0.6) is 0 Å². The summed E-state index contributed by atoms with van der Waals surface area (Å²) in [5, 5.41) is 12.0. The highest BCUT2D eigenvalue weighted by molar-refractivity contribution is 5.04. The van der Waals surface area contributed by atoms with Crippen molar-refractivity contribution in [1.29, 1.82) is 5.26 Å². The smallest absolute Gasteiger partial charge is 0.116 e. The van der Waals surface area contributed by atoms with E-state index in [0.717, 1.165) is 6.54 Å². The van der Waals surface area contributed by atoms with Gasteiger partial charge in [0.05, 0.1) is 18.8 Å². The van der Waals surface area contributed by atoms with Crippen LogP contribution in [0, 0.1) is 11.3 Å². The van der Waals surface area contributed by atoms with Gasteiger partial charge in [0.25, 0.3) is 0 Å². The molecule has 1 N–H and O–H groups in total. The van der Waals surface area contributed by atoms with Crippen molar-refractivity contribution in [1.82, 2.24) is 10.2 Å². The van der Waals surface area contributed by atoms with Gasteiger partial charge in [-0.2, -0.15) is 5.26 Å². The van der Waals surface area contributed by atoms with Crippen LogP contribution in [0.15, 0.2) is 0 Å². The van der Waals surface area contributed by atoms with Gasteiger partial charge >= 0.3 is 0 Å². The van der Waals surface area contributed by atoms with Crippen LogP contribution >= 0.6 is 0 Å². The molecule has 0 aromatic carbocycles. The Morgan fingerprint density at radius 2 is 2.13 bits per heavy atom. The van der Waals surface area contributed by atoms with E-state index in [0.29, 0.717) is 13.2 Å². The van der Waals surface area contributed by atoms with E-state index in [1.165, 1.54) is 0 Å². The van der Waals surface area contributed by atoms with E-state index in [1.54, 1.807) is 0 Å². The second kappa shape index (κ2) is 6.78. The highest BCUT2D eigenvalue weighted by Gasteiger charge is 2.22. The van der Waals surface area contributed by atoms with Gasteiger partial charge in [0.1, 0.15) is 5.54 Å². The molecule has 0 aromatic heterocycles. The maximum Gasteiger partial charge on any atom is 0.116 e. The Bertz CT molecular complexity index is 212. The fourth-order valence-electron chi connectivity index (χ4n) is 1.23. The molecule has 0 fully saturated rings. The van der Waals surface area contributed by atoms with Crippen LogP contribution in [0.25, 0.3) is 0 Å². The first-order valence-electron chi connectivity index (χ1n) is 5.34. The predicted octanol–water partition coefficient (Wildman–Crippen LogP) is 0.845. The Balaban J connectivity index is 3.83. The van der Waals surface area contributed by atoms with Crippen molar-refractivity contribution in [3.63, 3.8) is 0 Å². The van der Waals surface area contributed by atoms with Crippen LogP contribution in [0.4, 0.5) is 0 Å². The predicted molar refractivity (Wildman–Crippen MR) is 61.7 cm³/mol. The van der Waals surface area contributed by atoms with E-state index in [4.69, 9.17) is 10.00 Å². The van der Waals surface area contributed by atoms with E-state index >= 15 is 0 Å². The van der Waals surface area contributed by atoms with Gasteiger partial charge in [-0.05, 0) is 34.9 Å². The molecule has 0 aliphatic heterocycles. The van der Waals surface area contributed by atoms with E-state index in [2.05, 4.69) is 16.3 Å². The Labute approximate surface area is 93.2 Å². The molecule has 4 nitrogen and oxygen atoms in total. The summed E-state index contributed by atoms with van der Waals surface area (Å²) in [6.07, 6.45) is 0.269. The van der Waals surface area contributed by atoms with Crippen LogP contribution < -0.4 is 5.32 Å². The summed E-state index contributed by atoms with van der Waals surface area (Å²) in [4.78, 5) is 2.10. The van der Waals surface area contributed by atoms with Crippen molar-refractivity contribution in [3.05, 3.63) is 0 Å². The zero-order chi connectivity index (χ0) is 11.9. The third-order valence-corrected chi connectivity index (χ3v) is 2.31. The molecule has 0 aliphatic carbocycles. The molecule has 1 unspecified atom stereocenters. The molecule has 0 aliphatic rings. The summed E-state index contributed by atoms with van der Waals surface area (Å²) in [6, 6.07) is 2.26. The van der Waals surface area contributed by atoms with Gasteiger partial charge in [-0.3, -0.25) is 0 Å². The van der Waals surface area contributed by atoms with Gasteiger partial charge in [-0.25, -0.2) is 0 Å². The van der Waals surface area contributed by atoms with Crippen molar-refractivity contribution >= 4 is 0 Å². The van der Waals surface area contributed by atoms with E-state index < -0.39 is 5.54 Å². The van der Waals surface area contributed by atoms with Crippen LogP contribution in [0.3, 0.4) is 0 Å². The lowest BCUT2D eigenvalue weighted by atomic mass is 10.1. The van der Waals surface area contributed by atoms with Crippen LogP contribution in [0.2, 0.25) is 0 Å². The molecule has 0 amide bonds. The Kier molecular flexibility index (Phi) is 6.50. The van der Waals surface area contributed by atoms with Crippen molar-refractivity contribution in [3.8, 4) is 6.07 Å².